The predicted octanol–water partition coefficient (Wildman–Crippen LogP) is 3.07. The molecular formula is C22H21N7O3. The van der Waals surface area contributed by atoms with E-state index < -0.39 is 6.04 Å². The lowest BCUT2D eigenvalue weighted by Crippen LogP contribution is -2.37. The molecule has 3 N–H and O–H groups in total. The van der Waals surface area contributed by atoms with Gasteiger partial charge in [0.1, 0.15) is 0 Å². The second-order valence-electron chi connectivity index (χ2n) is 6.96. The number of hydrogen-bond acceptors (Lipinski definition) is 6. The predicted molar refractivity (Wildman–Crippen MR) is 116 cm³/mol. The standard InChI is InChI=1S/C22H21N7O3/c1-15(20-26-27-28-29(20)18-9-3-2-4-10-18)24-22(31)23-14-16-7-5-8-17(13-16)25-21(30)19-11-6-12-32-19/h2-13,15H,14H2,1H3,(H,25,30)(H2,23,24,31). The van der Waals surface area contributed by atoms with Crippen LogP contribution in [0.4, 0.5) is 10.5 Å². The van der Waals surface area contributed by atoms with Crippen molar-refractivity contribution >= 4 is 17.6 Å². The zero-order valence-electron chi connectivity index (χ0n) is 17.2. The molecule has 0 radical (unpaired) electrons. The summed E-state index contributed by atoms with van der Waals surface area (Å²) in [5.74, 6) is 0.386. The summed E-state index contributed by atoms with van der Waals surface area (Å²) in [5, 5.41) is 20.2. The summed E-state index contributed by atoms with van der Waals surface area (Å²) < 4.78 is 6.67. The lowest BCUT2D eigenvalue weighted by molar-refractivity contribution is 0.0996. The van der Waals surface area contributed by atoms with Gasteiger partial charge in [0.25, 0.3) is 5.91 Å². The fraction of sp³-hybridized carbons (Fsp3) is 0.136. The van der Waals surface area contributed by atoms with Crippen molar-refractivity contribution in [2.45, 2.75) is 19.5 Å². The van der Waals surface area contributed by atoms with E-state index in [1.165, 1.54) is 6.26 Å². The molecule has 10 heteroatoms. The number of benzene rings is 2. The van der Waals surface area contributed by atoms with Crippen LogP contribution in [0.1, 0.15) is 34.9 Å². The fourth-order valence-corrected chi connectivity index (χ4v) is 3.07. The number of anilines is 1. The van der Waals surface area contributed by atoms with Crippen LogP contribution < -0.4 is 16.0 Å². The first kappa shape index (κ1) is 20.8. The quantitative estimate of drug-likeness (QED) is 0.413. The van der Waals surface area contributed by atoms with E-state index in [-0.39, 0.29) is 24.2 Å². The number of tetrazole rings is 1. The van der Waals surface area contributed by atoms with Crippen LogP contribution in [-0.4, -0.2) is 32.1 Å². The van der Waals surface area contributed by atoms with Gasteiger partial charge in [-0.25, -0.2) is 4.79 Å². The van der Waals surface area contributed by atoms with Crippen molar-refractivity contribution in [2.75, 3.05) is 5.32 Å². The van der Waals surface area contributed by atoms with Crippen LogP contribution in [0.25, 0.3) is 5.69 Å². The van der Waals surface area contributed by atoms with Crippen LogP contribution in [0.5, 0.6) is 0 Å². The molecule has 0 aliphatic rings. The SMILES string of the molecule is CC(NC(=O)NCc1cccc(NC(=O)c2ccco2)c1)c1nnnn1-c1ccccc1. The fourth-order valence-electron chi connectivity index (χ4n) is 3.07. The maximum Gasteiger partial charge on any atom is 0.315 e. The van der Waals surface area contributed by atoms with E-state index >= 15 is 0 Å². The molecule has 4 rings (SSSR count). The van der Waals surface area contributed by atoms with E-state index in [0.717, 1.165) is 11.3 Å². The van der Waals surface area contributed by atoms with Gasteiger partial charge >= 0.3 is 6.03 Å². The number of carbonyl (C=O) groups is 2. The minimum atomic E-state index is -0.427. The van der Waals surface area contributed by atoms with Gasteiger partial charge in [-0.15, -0.1) is 5.10 Å². The van der Waals surface area contributed by atoms with Crippen LogP contribution >= 0.6 is 0 Å². The van der Waals surface area contributed by atoms with E-state index in [4.69, 9.17) is 4.42 Å². The molecule has 0 fully saturated rings. The highest BCUT2D eigenvalue weighted by Crippen LogP contribution is 2.14. The highest BCUT2D eigenvalue weighted by molar-refractivity contribution is 6.02. The van der Waals surface area contributed by atoms with Crippen molar-refractivity contribution in [2.24, 2.45) is 0 Å². The van der Waals surface area contributed by atoms with Crippen LogP contribution in [0.15, 0.2) is 77.4 Å². The van der Waals surface area contributed by atoms with Gasteiger partial charge in [-0.1, -0.05) is 30.3 Å². The number of aromatic nitrogens is 4. The number of nitrogens with one attached hydrogen (secondary N) is 3. The van der Waals surface area contributed by atoms with Gasteiger partial charge in [0.2, 0.25) is 0 Å². The van der Waals surface area contributed by atoms with Gasteiger partial charge < -0.3 is 20.4 Å². The van der Waals surface area contributed by atoms with Gasteiger partial charge in [-0.05, 0) is 59.3 Å². The van der Waals surface area contributed by atoms with Crippen molar-refractivity contribution in [1.82, 2.24) is 30.8 Å². The molecule has 2 heterocycles. The van der Waals surface area contributed by atoms with Crippen molar-refractivity contribution in [3.8, 4) is 5.69 Å². The minimum Gasteiger partial charge on any atom is -0.459 e. The molecule has 4 aromatic rings. The molecule has 0 spiro atoms. The van der Waals surface area contributed by atoms with Crippen LogP contribution in [-0.2, 0) is 6.54 Å². The van der Waals surface area contributed by atoms with E-state index in [1.54, 1.807) is 41.9 Å². The monoisotopic (exact) mass is 431 g/mol. The van der Waals surface area contributed by atoms with E-state index in [9.17, 15) is 9.59 Å². The van der Waals surface area contributed by atoms with Crippen LogP contribution in [0.2, 0.25) is 0 Å². The van der Waals surface area contributed by atoms with Crippen molar-refractivity contribution in [1.29, 1.82) is 0 Å². The maximum atomic E-state index is 12.4. The number of hydrogen-bond donors (Lipinski definition) is 3. The molecule has 10 nitrogen and oxygen atoms in total. The average molecular weight is 431 g/mol. The summed E-state index contributed by atoms with van der Waals surface area (Å²) in [7, 11) is 0. The lowest BCUT2D eigenvalue weighted by Gasteiger charge is -2.14. The molecule has 0 aliphatic carbocycles. The maximum absolute atomic E-state index is 12.4. The molecule has 3 amide bonds. The summed E-state index contributed by atoms with van der Waals surface area (Å²) in [6, 6.07) is 19.0. The third kappa shape index (κ3) is 4.98. The number of nitrogens with zero attached hydrogens (tertiary/aromatic N) is 4. The topological polar surface area (TPSA) is 127 Å². The Balaban J connectivity index is 1.33. The Morgan fingerprint density at radius 3 is 2.69 bits per heavy atom. The third-order valence-electron chi connectivity index (χ3n) is 4.61. The first-order valence-corrected chi connectivity index (χ1v) is 9.92. The number of carbonyl (C=O) groups excluding carboxylic acids is 2. The molecule has 162 valence electrons. The average Bonchev–Trinajstić information content (AvgIpc) is 3.51. The van der Waals surface area contributed by atoms with E-state index in [2.05, 4.69) is 31.5 Å². The van der Waals surface area contributed by atoms with E-state index in [0.29, 0.717) is 11.5 Å². The molecule has 2 aromatic heterocycles. The van der Waals surface area contributed by atoms with Crippen molar-refractivity contribution in [3.63, 3.8) is 0 Å². The van der Waals surface area contributed by atoms with E-state index in [1.807, 2.05) is 36.4 Å². The Morgan fingerprint density at radius 2 is 1.91 bits per heavy atom. The molecule has 0 aliphatic heterocycles. The molecule has 0 saturated heterocycles. The molecule has 1 unspecified atom stereocenters. The second kappa shape index (κ2) is 9.56. The third-order valence-corrected chi connectivity index (χ3v) is 4.61. The Bertz CT molecular complexity index is 1190. The molecular weight excluding hydrogens is 410 g/mol. The number of amides is 3. The first-order valence-electron chi connectivity index (χ1n) is 9.92. The Kier molecular flexibility index (Phi) is 6.21. The first-order chi connectivity index (χ1) is 15.6. The zero-order valence-corrected chi connectivity index (χ0v) is 17.2. The molecule has 0 saturated carbocycles. The van der Waals surface area contributed by atoms with Crippen molar-refractivity contribution in [3.05, 3.63) is 90.1 Å². The van der Waals surface area contributed by atoms with Gasteiger partial charge in [0.15, 0.2) is 11.6 Å². The van der Waals surface area contributed by atoms with Crippen molar-refractivity contribution < 1.29 is 14.0 Å². The minimum absolute atomic E-state index is 0.222. The van der Waals surface area contributed by atoms with Gasteiger partial charge in [0.05, 0.1) is 18.0 Å². The Morgan fingerprint density at radius 1 is 1.06 bits per heavy atom. The summed E-state index contributed by atoms with van der Waals surface area (Å²) >= 11 is 0. The Labute approximate surface area is 183 Å². The second-order valence-corrected chi connectivity index (χ2v) is 6.96. The number of rotatable bonds is 7. The smallest absolute Gasteiger partial charge is 0.315 e. The molecule has 2 aromatic carbocycles. The van der Waals surface area contributed by atoms with Gasteiger partial charge in [0, 0.05) is 12.2 Å². The number of para-hydroxylation sites is 1. The summed E-state index contributed by atoms with van der Waals surface area (Å²) in [6.45, 7) is 2.07. The number of urea groups is 1. The highest BCUT2D eigenvalue weighted by atomic mass is 16.3. The Hall–Kier alpha value is -4.47. The number of furan rings is 1. The summed E-state index contributed by atoms with van der Waals surface area (Å²) in [6.07, 6.45) is 1.44. The highest BCUT2D eigenvalue weighted by Gasteiger charge is 2.17. The summed E-state index contributed by atoms with van der Waals surface area (Å²) in [5.41, 5.74) is 2.22. The normalized spacial score (nSPS) is 11.5. The molecule has 32 heavy (non-hydrogen) atoms. The zero-order chi connectivity index (χ0) is 22.3. The summed E-state index contributed by atoms with van der Waals surface area (Å²) in [4.78, 5) is 24.5. The van der Waals surface area contributed by atoms with Gasteiger partial charge in [-0.3, -0.25) is 4.79 Å². The van der Waals surface area contributed by atoms with Crippen LogP contribution in [0.3, 0.4) is 0 Å². The van der Waals surface area contributed by atoms with Gasteiger partial charge in [-0.2, -0.15) is 4.68 Å². The molecule has 1 atom stereocenters. The largest absolute Gasteiger partial charge is 0.459 e. The lowest BCUT2D eigenvalue weighted by atomic mass is 10.2. The van der Waals surface area contributed by atoms with Crippen LogP contribution in [0, 0.1) is 0 Å². The molecule has 0 bridgehead atoms.